The van der Waals surface area contributed by atoms with Gasteiger partial charge in [-0.3, -0.25) is 4.79 Å². The Labute approximate surface area is 135 Å². The fourth-order valence-electron chi connectivity index (χ4n) is 2.58. The van der Waals surface area contributed by atoms with Crippen molar-refractivity contribution in [1.82, 2.24) is 9.62 Å². The van der Waals surface area contributed by atoms with Crippen LogP contribution in [0, 0.1) is 5.82 Å². The number of ether oxygens (including phenoxy) is 1. The van der Waals surface area contributed by atoms with Crippen LogP contribution in [-0.4, -0.2) is 50.6 Å². The van der Waals surface area contributed by atoms with E-state index in [1.165, 1.54) is 22.5 Å². The zero-order valence-corrected chi connectivity index (χ0v) is 13.8. The van der Waals surface area contributed by atoms with Gasteiger partial charge in [0.05, 0.1) is 12.8 Å². The number of benzene rings is 1. The van der Waals surface area contributed by atoms with Crippen molar-refractivity contribution in [3.63, 3.8) is 0 Å². The number of hydrogen-bond donors (Lipinski definition) is 1. The van der Waals surface area contributed by atoms with Crippen LogP contribution in [0.4, 0.5) is 4.39 Å². The van der Waals surface area contributed by atoms with Crippen LogP contribution in [0.3, 0.4) is 0 Å². The van der Waals surface area contributed by atoms with E-state index >= 15 is 0 Å². The molecule has 1 fully saturated rings. The molecule has 23 heavy (non-hydrogen) atoms. The van der Waals surface area contributed by atoms with Crippen molar-refractivity contribution >= 4 is 15.9 Å². The summed E-state index contributed by atoms with van der Waals surface area (Å²) < 4.78 is 43.0. The van der Waals surface area contributed by atoms with Crippen molar-refractivity contribution in [3.05, 3.63) is 30.1 Å². The number of nitrogens with zero attached hydrogens (tertiary/aromatic N) is 1. The van der Waals surface area contributed by atoms with Crippen molar-refractivity contribution in [2.24, 2.45) is 0 Å². The Morgan fingerprint density at radius 2 is 2.22 bits per heavy atom. The number of carbonyl (C=O) groups is 1. The lowest BCUT2D eigenvalue weighted by Gasteiger charge is -2.32. The van der Waals surface area contributed by atoms with Gasteiger partial charge in [-0.2, -0.15) is 4.31 Å². The molecule has 1 aliphatic rings. The fourth-order valence-corrected chi connectivity index (χ4v) is 3.71. The first-order valence-electron chi connectivity index (χ1n) is 7.51. The van der Waals surface area contributed by atoms with Crippen LogP contribution in [-0.2, 0) is 14.8 Å². The van der Waals surface area contributed by atoms with Gasteiger partial charge in [-0.05, 0) is 25.0 Å². The quantitative estimate of drug-likeness (QED) is 0.785. The van der Waals surface area contributed by atoms with Gasteiger partial charge in [0, 0.05) is 12.6 Å². The molecule has 1 atom stereocenters. The molecule has 1 saturated heterocycles. The topological polar surface area (TPSA) is 75.7 Å². The molecule has 0 radical (unpaired) electrons. The van der Waals surface area contributed by atoms with Gasteiger partial charge in [0.25, 0.3) is 0 Å². The highest BCUT2D eigenvalue weighted by Gasteiger charge is 2.34. The molecule has 0 aromatic heterocycles. The Hall–Kier alpha value is -1.67. The molecule has 1 aromatic rings. The maximum atomic E-state index is 13.0. The van der Waals surface area contributed by atoms with Crippen LogP contribution in [0.5, 0.6) is 5.75 Å². The fraction of sp³-hybridized carbons (Fsp3) is 0.533. The van der Waals surface area contributed by atoms with Crippen molar-refractivity contribution in [3.8, 4) is 5.75 Å². The molecule has 0 spiro atoms. The second kappa shape index (κ2) is 7.74. The lowest BCUT2D eigenvalue weighted by molar-refractivity contribution is -0.125. The molecule has 1 aliphatic heterocycles. The van der Waals surface area contributed by atoms with E-state index in [9.17, 15) is 17.6 Å². The Bertz CT molecular complexity index is 651. The predicted molar refractivity (Wildman–Crippen MR) is 84.1 cm³/mol. The maximum absolute atomic E-state index is 13.0. The first kappa shape index (κ1) is 17.7. The van der Waals surface area contributed by atoms with Gasteiger partial charge < -0.3 is 10.1 Å². The summed E-state index contributed by atoms with van der Waals surface area (Å²) in [6, 6.07) is 5.08. The Morgan fingerprint density at radius 3 is 2.91 bits per heavy atom. The van der Waals surface area contributed by atoms with Crippen LogP contribution in [0.25, 0.3) is 0 Å². The van der Waals surface area contributed by atoms with E-state index < -0.39 is 21.9 Å². The first-order chi connectivity index (χ1) is 10.9. The molecule has 1 amide bonds. The number of carbonyl (C=O) groups excluding carboxylic acids is 1. The van der Waals surface area contributed by atoms with Crippen LogP contribution in [0.1, 0.15) is 19.3 Å². The third kappa shape index (κ3) is 5.18. The number of piperidine rings is 1. The summed E-state index contributed by atoms with van der Waals surface area (Å²) in [5.41, 5.74) is 0. The van der Waals surface area contributed by atoms with Crippen molar-refractivity contribution in [1.29, 1.82) is 0 Å². The highest BCUT2D eigenvalue weighted by molar-refractivity contribution is 7.88. The SMILES string of the molecule is CS(=O)(=O)N1CCCC[C@@H]1C(=O)NCCOc1cccc(F)c1. The van der Waals surface area contributed by atoms with Crippen LogP contribution >= 0.6 is 0 Å². The molecule has 0 bridgehead atoms. The van der Waals surface area contributed by atoms with Gasteiger partial charge in [0.2, 0.25) is 15.9 Å². The average Bonchev–Trinajstić information content (AvgIpc) is 2.50. The van der Waals surface area contributed by atoms with E-state index in [1.54, 1.807) is 6.07 Å². The van der Waals surface area contributed by atoms with Gasteiger partial charge in [0.15, 0.2) is 0 Å². The number of nitrogens with one attached hydrogen (secondary N) is 1. The molecule has 128 valence electrons. The minimum atomic E-state index is -3.40. The highest BCUT2D eigenvalue weighted by Crippen LogP contribution is 2.19. The molecule has 0 aliphatic carbocycles. The second-order valence-corrected chi connectivity index (χ2v) is 7.42. The Kier molecular flexibility index (Phi) is 5.95. The van der Waals surface area contributed by atoms with Gasteiger partial charge in [0.1, 0.15) is 24.2 Å². The van der Waals surface area contributed by atoms with E-state index in [-0.39, 0.29) is 19.1 Å². The normalized spacial score (nSPS) is 19.3. The summed E-state index contributed by atoms with van der Waals surface area (Å²) in [6.07, 6.45) is 3.22. The van der Waals surface area contributed by atoms with E-state index in [4.69, 9.17) is 4.74 Å². The van der Waals surface area contributed by atoms with Gasteiger partial charge >= 0.3 is 0 Å². The van der Waals surface area contributed by atoms with Crippen molar-refractivity contribution in [2.75, 3.05) is 26.0 Å². The summed E-state index contributed by atoms with van der Waals surface area (Å²) >= 11 is 0. The zero-order valence-electron chi connectivity index (χ0n) is 13.0. The van der Waals surface area contributed by atoms with Crippen molar-refractivity contribution < 1.29 is 22.3 Å². The molecular weight excluding hydrogens is 323 g/mol. The second-order valence-electron chi connectivity index (χ2n) is 5.48. The highest BCUT2D eigenvalue weighted by atomic mass is 32.2. The lowest BCUT2D eigenvalue weighted by Crippen LogP contribution is -2.52. The van der Waals surface area contributed by atoms with E-state index in [0.29, 0.717) is 18.7 Å². The molecule has 6 nitrogen and oxygen atoms in total. The molecule has 1 aromatic carbocycles. The van der Waals surface area contributed by atoms with Gasteiger partial charge in [-0.25, -0.2) is 12.8 Å². The van der Waals surface area contributed by atoms with Crippen LogP contribution in [0.15, 0.2) is 24.3 Å². The van der Waals surface area contributed by atoms with Crippen LogP contribution < -0.4 is 10.1 Å². The summed E-state index contributed by atoms with van der Waals surface area (Å²) in [5.74, 6) is -0.329. The lowest BCUT2D eigenvalue weighted by atomic mass is 10.0. The van der Waals surface area contributed by atoms with E-state index in [1.807, 2.05) is 0 Å². The summed E-state index contributed by atoms with van der Waals surface area (Å²) in [7, 11) is -3.40. The number of halogens is 1. The zero-order chi connectivity index (χ0) is 16.9. The number of amides is 1. The molecule has 1 heterocycles. The number of hydrogen-bond acceptors (Lipinski definition) is 4. The summed E-state index contributed by atoms with van der Waals surface area (Å²) in [5, 5.41) is 2.68. The van der Waals surface area contributed by atoms with Crippen molar-refractivity contribution in [2.45, 2.75) is 25.3 Å². The van der Waals surface area contributed by atoms with Crippen LogP contribution in [0.2, 0.25) is 0 Å². The smallest absolute Gasteiger partial charge is 0.238 e. The maximum Gasteiger partial charge on any atom is 0.238 e. The molecule has 0 saturated carbocycles. The molecule has 0 unspecified atom stereocenters. The minimum absolute atomic E-state index is 0.181. The molecule has 2 rings (SSSR count). The summed E-state index contributed by atoms with van der Waals surface area (Å²) in [4.78, 5) is 12.2. The average molecular weight is 344 g/mol. The third-order valence-electron chi connectivity index (χ3n) is 3.65. The van der Waals surface area contributed by atoms with Gasteiger partial charge in [-0.15, -0.1) is 0 Å². The number of rotatable bonds is 6. The largest absolute Gasteiger partial charge is 0.492 e. The summed E-state index contributed by atoms with van der Waals surface area (Å²) in [6.45, 7) is 0.779. The minimum Gasteiger partial charge on any atom is -0.492 e. The molecule has 1 N–H and O–H groups in total. The monoisotopic (exact) mass is 344 g/mol. The predicted octanol–water partition coefficient (Wildman–Crippen LogP) is 1.13. The van der Waals surface area contributed by atoms with Gasteiger partial charge in [-0.1, -0.05) is 12.5 Å². The Balaban J connectivity index is 1.81. The van der Waals surface area contributed by atoms with E-state index in [2.05, 4.69) is 5.32 Å². The van der Waals surface area contributed by atoms with E-state index in [0.717, 1.165) is 19.1 Å². The molecular formula is C15H21FN2O4S. The Morgan fingerprint density at radius 1 is 1.43 bits per heavy atom. The molecule has 8 heteroatoms. The first-order valence-corrected chi connectivity index (χ1v) is 9.35. The standard InChI is InChI=1S/C15H21FN2O4S/c1-23(20,21)18-9-3-2-7-14(18)15(19)17-8-10-22-13-6-4-5-12(16)11-13/h4-6,11,14H,2-3,7-10H2,1H3,(H,17,19)/t14-/m1/s1. The third-order valence-corrected chi connectivity index (χ3v) is 4.94. The number of sulfonamides is 1.